The molecular formula is C28H49O8P. The van der Waals surface area contributed by atoms with Gasteiger partial charge in [-0.05, 0) is 43.9 Å². The van der Waals surface area contributed by atoms with E-state index in [2.05, 4.69) is 6.92 Å². The largest absolute Gasteiger partial charge is 0.490 e. The van der Waals surface area contributed by atoms with Gasteiger partial charge in [0.15, 0.2) is 0 Å². The Morgan fingerprint density at radius 2 is 1.57 bits per heavy atom. The van der Waals surface area contributed by atoms with Crippen molar-refractivity contribution in [3.8, 4) is 5.75 Å². The molecule has 1 aliphatic heterocycles. The highest BCUT2D eigenvalue weighted by Gasteiger charge is 2.28. The van der Waals surface area contributed by atoms with E-state index in [9.17, 15) is 9.46 Å². The number of hydrogen-bond donors (Lipinski definition) is 1. The van der Waals surface area contributed by atoms with Crippen molar-refractivity contribution in [2.75, 3.05) is 59.5 Å². The molecule has 0 amide bonds. The van der Waals surface area contributed by atoms with E-state index >= 15 is 0 Å². The Morgan fingerprint density at radius 1 is 0.892 bits per heavy atom. The molecule has 8 nitrogen and oxygen atoms in total. The summed E-state index contributed by atoms with van der Waals surface area (Å²) in [5.74, 6) is 0.338. The molecule has 1 saturated heterocycles. The van der Waals surface area contributed by atoms with Crippen molar-refractivity contribution >= 4 is 12.9 Å². The van der Waals surface area contributed by atoms with E-state index in [1.165, 1.54) is 38.5 Å². The molecular weight excluding hydrogens is 495 g/mol. The van der Waals surface area contributed by atoms with Gasteiger partial charge in [-0.3, -0.25) is 4.57 Å². The van der Waals surface area contributed by atoms with Gasteiger partial charge in [0, 0.05) is 13.2 Å². The molecule has 0 saturated carbocycles. The number of benzene rings is 1. The summed E-state index contributed by atoms with van der Waals surface area (Å²) in [6, 6.07) is 5.51. The summed E-state index contributed by atoms with van der Waals surface area (Å²) >= 11 is 0. The van der Waals surface area contributed by atoms with Gasteiger partial charge in [-0.25, -0.2) is 0 Å². The molecule has 0 aliphatic carbocycles. The lowest BCUT2D eigenvalue weighted by Crippen LogP contribution is -2.30. The van der Waals surface area contributed by atoms with E-state index in [-0.39, 0.29) is 24.6 Å². The van der Waals surface area contributed by atoms with Gasteiger partial charge < -0.3 is 33.1 Å². The second kappa shape index (κ2) is 20.0. The van der Waals surface area contributed by atoms with Crippen molar-refractivity contribution in [2.45, 2.75) is 84.2 Å². The van der Waals surface area contributed by atoms with Gasteiger partial charge in [0.2, 0.25) is 0 Å². The molecule has 37 heavy (non-hydrogen) atoms. The van der Waals surface area contributed by atoms with Crippen LogP contribution >= 0.6 is 7.60 Å². The fraction of sp³-hybridized carbons (Fsp3) is 0.786. The van der Waals surface area contributed by atoms with E-state index in [0.717, 1.165) is 31.2 Å². The van der Waals surface area contributed by atoms with Crippen LogP contribution in [0.5, 0.6) is 5.75 Å². The summed E-state index contributed by atoms with van der Waals surface area (Å²) in [6.07, 6.45) is 11.3. The molecule has 0 aromatic heterocycles. The quantitative estimate of drug-likeness (QED) is 0.231. The Balaban J connectivity index is 1.95. The monoisotopic (exact) mass is 544 g/mol. The summed E-state index contributed by atoms with van der Waals surface area (Å²) < 4.78 is 46.9. The third kappa shape index (κ3) is 14.1. The molecule has 0 bridgehead atoms. The summed E-state index contributed by atoms with van der Waals surface area (Å²) in [4.78, 5) is 10.6. The van der Waals surface area contributed by atoms with Crippen LogP contribution in [0.1, 0.15) is 77.2 Å². The van der Waals surface area contributed by atoms with Crippen molar-refractivity contribution < 1.29 is 37.7 Å². The lowest BCUT2D eigenvalue weighted by molar-refractivity contribution is -0.0565. The van der Waals surface area contributed by atoms with Gasteiger partial charge >= 0.3 is 7.60 Å². The molecule has 0 spiro atoms. The first-order valence-electron chi connectivity index (χ1n) is 14.1. The predicted molar refractivity (Wildman–Crippen MR) is 146 cm³/mol. The Kier molecular flexibility index (Phi) is 17.4. The van der Waals surface area contributed by atoms with Crippen LogP contribution in [0.25, 0.3) is 0 Å². The van der Waals surface area contributed by atoms with Crippen molar-refractivity contribution in [3.05, 3.63) is 23.8 Å². The maximum atomic E-state index is 13.0. The fourth-order valence-corrected chi connectivity index (χ4v) is 5.41. The minimum absolute atomic E-state index is 0.136. The second-order valence-corrected chi connectivity index (χ2v) is 11.2. The Morgan fingerprint density at radius 3 is 2.30 bits per heavy atom. The van der Waals surface area contributed by atoms with Crippen LogP contribution in [0.15, 0.2) is 18.2 Å². The molecule has 1 aromatic rings. The van der Waals surface area contributed by atoms with E-state index in [1.54, 1.807) is 19.1 Å². The van der Waals surface area contributed by atoms with Gasteiger partial charge in [-0.15, -0.1) is 0 Å². The fourth-order valence-electron chi connectivity index (χ4n) is 4.17. The lowest BCUT2D eigenvalue weighted by atomic mass is 10.0. The molecule has 2 rings (SSSR count). The standard InChI is InChI=1S/C28H49O8P/c1-3-5-6-7-8-9-10-11-13-25-14-15-27(28(22-25)37(29,30)36-4-2)35-24-26-23-33-19-18-31-16-12-17-32-20-21-34-26/h14-15,22,26H,3-13,16-21,23-24H2,1-2H3,(H,29,30). The zero-order chi connectivity index (χ0) is 26.6. The second-order valence-electron chi connectivity index (χ2n) is 9.42. The van der Waals surface area contributed by atoms with Crippen LogP contribution in [0.2, 0.25) is 0 Å². The highest BCUT2D eigenvalue weighted by atomic mass is 31.2. The highest BCUT2D eigenvalue weighted by Crippen LogP contribution is 2.44. The normalized spacial score (nSPS) is 19.8. The van der Waals surface area contributed by atoms with Crippen molar-refractivity contribution in [1.29, 1.82) is 0 Å². The summed E-state index contributed by atoms with van der Waals surface area (Å²) in [5, 5.41) is 0.203. The highest BCUT2D eigenvalue weighted by molar-refractivity contribution is 7.61. The van der Waals surface area contributed by atoms with Crippen molar-refractivity contribution in [3.63, 3.8) is 0 Å². The zero-order valence-corrected chi connectivity index (χ0v) is 23.9. The molecule has 214 valence electrons. The zero-order valence-electron chi connectivity index (χ0n) is 23.0. The Labute approximate surface area is 223 Å². The first-order chi connectivity index (χ1) is 18.1. The minimum atomic E-state index is -4.02. The Hall–Kier alpha value is -0.990. The summed E-state index contributed by atoms with van der Waals surface area (Å²) in [7, 11) is -4.02. The molecule has 1 aliphatic rings. The third-order valence-corrected chi connectivity index (χ3v) is 7.78. The van der Waals surface area contributed by atoms with Crippen LogP contribution in [0.4, 0.5) is 0 Å². The predicted octanol–water partition coefficient (Wildman–Crippen LogP) is 5.43. The van der Waals surface area contributed by atoms with Crippen LogP contribution in [0.3, 0.4) is 0 Å². The Bertz CT molecular complexity index is 746. The molecule has 0 radical (unpaired) electrons. The molecule has 1 fully saturated rings. The topological polar surface area (TPSA) is 92.7 Å². The number of aryl methyl sites for hydroxylation is 1. The van der Waals surface area contributed by atoms with Crippen LogP contribution < -0.4 is 10.0 Å². The van der Waals surface area contributed by atoms with E-state index in [0.29, 0.717) is 52.0 Å². The van der Waals surface area contributed by atoms with Gasteiger partial charge in [-0.1, -0.05) is 57.9 Å². The van der Waals surface area contributed by atoms with E-state index in [4.69, 9.17) is 28.2 Å². The number of rotatable bonds is 15. The van der Waals surface area contributed by atoms with Crippen LogP contribution in [0, 0.1) is 0 Å². The van der Waals surface area contributed by atoms with E-state index < -0.39 is 7.60 Å². The van der Waals surface area contributed by atoms with Crippen LogP contribution in [-0.2, 0) is 34.5 Å². The number of unbranched alkanes of at least 4 members (excludes halogenated alkanes) is 7. The molecule has 1 heterocycles. The van der Waals surface area contributed by atoms with Crippen LogP contribution in [-0.4, -0.2) is 70.5 Å². The lowest BCUT2D eigenvalue weighted by Gasteiger charge is -2.21. The average Bonchev–Trinajstić information content (AvgIpc) is 2.91. The van der Waals surface area contributed by atoms with Gasteiger partial charge in [0.05, 0.1) is 39.6 Å². The van der Waals surface area contributed by atoms with Gasteiger partial charge in [0.25, 0.3) is 0 Å². The van der Waals surface area contributed by atoms with Gasteiger partial charge in [0.1, 0.15) is 23.8 Å². The maximum Gasteiger partial charge on any atom is 0.362 e. The average molecular weight is 545 g/mol. The molecule has 1 N–H and O–H groups in total. The SMILES string of the molecule is CCCCCCCCCCc1ccc(OCC2COCCOCCCOCCO2)c(P(=O)(O)OCC)c1. The minimum Gasteiger partial charge on any atom is -0.490 e. The van der Waals surface area contributed by atoms with E-state index in [1.807, 2.05) is 6.07 Å². The molecule has 2 atom stereocenters. The number of hydrogen-bond acceptors (Lipinski definition) is 7. The summed E-state index contributed by atoms with van der Waals surface area (Å²) in [6.45, 7) is 7.74. The first-order valence-corrected chi connectivity index (χ1v) is 15.7. The van der Waals surface area contributed by atoms with Gasteiger partial charge in [-0.2, -0.15) is 0 Å². The first kappa shape index (κ1) is 32.2. The van der Waals surface area contributed by atoms with Crippen molar-refractivity contribution in [2.24, 2.45) is 0 Å². The summed E-state index contributed by atoms with van der Waals surface area (Å²) in [5.41, 5.74) is 1.01. The number of ether oxygens (including phenoxy) is 5. The molecule has 2 unspecified atom stereocenters. The smallest absolute Gasteiger partial charge is 0.362 e. The maximum absolute atomic E-state index is 13.0. The molecule has 9 heteroatoms. The van der Waals surface area contributed by atoms with Crippen molar-refractivity contribution in [1.82, 2.24) is 0 Å². The molecule has 1 aromatic carbocycles. The third-order valence-electron chi connectivity index (χ3n) is 6.21.